The van der Waals surface area contributed by atoms with Gasteiger partial charge in [0.1, 0.15) is 0 Å². The first kappa shape index (κ1) is 15.4. The van der Waals surface area contributed by atoms with Crippen LogP contribution in [-0.4, -0.2) is 33.5 Å². The van der Waals surface area contributed by atoms with E-state index < -0.39 is 21.5 Å². The summed E-state index contributed by atoms with van der Waals surface area (Å²) in [7, 11) is -1.19. The molecule has 2 unspecified atom stereocenters. The van der Waals surface area contributed by atoms with E-state index in [0.29, 0.717) is 24.9 Å². The van der Waals surface area contributed by atoms with Crippen molar-refractivity contribution in [1.82, 2.24) is 5.32 Å². The summed E-state index contributed by atoms with van der Waals surface area (Å²) in [5.41, 5.74) is 0.314. The van der Waals surface area contributed by atoms with Crippen molar-refractivity contribution < 1.29 is 17.2 Å². The summed E-state index contributed by atoms with van der Waals surface area (Å²) in [6.07, 6.45) is 0.955. The highest BCUT2D eigenvalue weighted by Crippen LogP contribution is 2.29. The standard InChI is InChI=1S/C14H19F2NO2S/c1-17-8-12(11-5-6-20(18,19)9-11)7-10-3-2-4-13(15)14(10)16/h2-4,11-12,17H,5-9H2,1H3. The zero-order valence-corrected chi connectivity index (χ0v) is 12.2. The summed E-state index contributed by atoms with van der Waals surface area (Å²) < 4.78 is 50.1. The topological polar surface area (TPSA) is 46.2 Å². The van der Waals surface area contributed by atoms with Crippen LogP contribution in [0.15, 0.2) is 18.2 Å². The average molecular weight is 303 g/mol. The summed E-state index contributed by atoms with van der Waals surface area (Å²) >= 11 is 0. The first-order chi connectivity index (χ1) is 9.43. The maximum absolute atomic E-state index is 13.7. The number of benzene rings is 1. The van der Waals surface area contributed by atoms with Gasteiger partial charge in [-0.25, -0.2) is 17.2 Å². The molecule has 112 valence electrons. The van der Waals surface area contributed by atoms with E-state index >= 15 is 0 Å². The molecule has 6 heteroatoms. The lowest BCUT2D eigenvalue weighted by Crippen LogP contribution is -2.29. The van der Waals surface area contributed by atoms with E-state index in [1.807, 2.05) is 0 Å². The Morgan fingerprint density at radius 1 is 1.40 bits per heavy atom. The van der Waals surface area contributed by atoms with Crippen molar-refractivity contribution in [3.63, 3.8) is 0 Å². The Kier molecular flexibility index (Phi) is 4.75. The van der Waals surface area contributed by atoms with Crippen molar-refractivity contribution >= 4 is 9.84 Å². The molecule has 2 rings (SSSR count). The second-order valence-corrected chi connectivity index (χ2v) is 7.63. The molecule has 1 saturated heterocycles. The van der Waals surface area contributed by atoms with Gasteiger partial charge >= 0.3 is 0 Å². The molecule has 1 N–H and O–H groups in total. The minimum atomic E-state index is -2.96. The van der Waals surface area contributed by atoms with Crippen LogP contribution >= 0.6 is 0 Å². The fraction of sp³-hybridized carbons (Fsp3) is 0.571. The Bertz CT molecular complexity index is 575. The van der Waals surface area contributed by atoms with E-state index in [0.717, 1.165) is 6.07 Å². The van der Waals surface area contributed by atoms with Gasteiger partial charge in [0.25, 0.3) is 0 Å². The van der Waals surface area contributed by atoms with Crippen molar-refractivity contribution in [2.75, 3.05) is 25.1 Å². The third kappa shape index (κ3) is 3.55. The van der Waals surface area contributed by atoms with E-state index in [4.69, 9.17) is 0 Å². The van der Waals surface area contributed by atoms with Crippen LogP contribution in [0.5, 0.6) is 0 Å². The second-order valence-electron chi connectivity index (χ2n) is 5.40. The van der Waals surface area contributed by atoms with Crippen molar-refractivity contribution in [2.45, 2.75) is 12.8 Å². The van der Waals surface area contributed by atoms with E-state index in [1.165, 1.54) is 6.07 Å². The number of nitrogens with one attached hydrogen (secondary N) is 1. The Labute approximate surface area is 118 Å². The summed E-state index contributed by atoms with van der Waals surface area (Å²) in [6, 6.07) is 4.13. The lowest BCUT2D eigenvalue weighted by molar-refractivity contribution is 0.346. The van der Waals surface area contributed by atoms with Crippen LogP contribution in [0.25, 0.3) is 0 Å². The average Bonchev–Trinajstić information content (AvgIpc) is 2.74. The Hall–Kier alpha value is -1.01. The van der Waals surface area contributed by atoms with Gasteiger partial charge in [0.15, 0.2) is 21.5 Å². The van der Waals surface area contributed by atoms with Crippen LogP contribution < -0.4 is 5.32 Å². The van der Waals surface area contributed by atoms with Crippen LogP contribution in [0.4, 0.5) is 8.78 Å². The highest BCUT2D eigenvalue weighted by Gasteiger charge is 2.33. The van der Waals surface area contributed by atoms with Crippen LogP contribution in [-0.2, 0) is 16.3 Å². The number of rotatable bonds is 5. The minimum Gasteiger partial charge on any atom is -0.319 e. The molecule has 0 amide bonds. The van der Waals surface area contributed by atoms with Gasteiger partial charge in [0, 0.05) is 0 Å². The van der Waals surface area contributed by atoms with Gasteiger partial charge in [-0.15, -0.1) is 0 Å². The quantitative estimate of drug-likeness (QED) is 0.902. The minimum absolute atomic E-state index is 0.00595. The second kappa shape index (κ2) is 6.18. The van der Waals surface area contributed by atoms with Crippen molar-refractivity contribution in [2.24, 2.45) is 11.8 Å². The van der Waals surface area contributed by atoms with Gasteiger partial charge in [-0.1, -0.05) is 12.1 Å². The normalized spacial score (nSPS) is 22.9. The first-order valence-electron chi connectivity index (χ1n) is 6.71. The SMILES string of the molecule is CNCC(Cc1cccc(F)c1F)C1CCS(=O)(=O)C1. The highest BCUT2D eigenvalue weighted by molar-refractivity contribution is 7.91. The summed E-state index contributed by atoms with van der Waals surface area (Å²) in [6.45, 7) is 0.593. The maximum atomic E-state index is 13.7. The summed E-state index contributed by atoms with van der Waals surface area (Å²) in [5, 5.41) is 3.02. The molecule has 1 aromatic carbocycles. The number of hydrogen-bond donors (Lipinski definition) is 1. The Morgan fingerprint density at radius 3 is 2.75 bits per heavy atom. The zero-order valence-electron chi connectivity index (χ0n) is 11.4. The molecule has 1 aliphatic rings. The predicted molar refractivity (Wildman–Crippen MR) is 74.2 cm³/mol. The van der Waals surface area contributed by atoms with E-state index in [-0.39, 0.29) is 23.3 Å². The molecular weight excluding hydrogens is 284 g/mol. The first-order valence-corrected chi connectivity index (χ1v) is 8.53. The number of halogens is 2. The van der Waals surface area contributed by atoms with Crippen LogP contribution in [0.2, 0.25) is 0 Å². The Morgan fingerprint density at radius 2 is 2.15 bits per heavy atom. The van der Waals surface area contributed by atoms with Gasteiger partial charge in [-0.3, -0.25) is 0 Å². The molecule has 0 radical (unpaired) electrons. The predicted octanol–water partition coefficient (Wildman–Crippen LogP) is 1.78. The summed E-state index contributed by atoms with van der Waals surface area (Å²) in [4.78, 5) is 0. The van der Waals surface area contributed by atoms with E-state index in [1.54, 1.807) is 13.1 Å². The van der Waals surface area contributed by atoms with Crippen molar-refractivity contribution in [1.29, 1.82) is 0 Å². The summed E-state index contributed by atoms with van der Waals surface area (Å²) in [5.74, 6) is -1.33. The van der Waals surface area contributed by atoms with Crippen LogP contribution in [0.1, 0.15) is 12.0 Å². The van der Waals surface area contributed by atoms with Gasteiger partial charge in [-0.2, -0.15) is 0 Å². The molecule has 1 fully saturated rings. The third-order valence-electron chi connectivity index (χ3n) is 3.91. The molecule has 3 nitrogen and oxygen atoms in total. The fourth-order valence-electron chi connectivity index (χ4n) is 2.85. The van der Waals surface area contributed by atoms with Crippen molar-refractivity contribution in [3.05, 3.63) is 35.4 Å². The van der Waals surface area contributed by atoms with E-state index in [9.17, 15) is 17.2 Å². The van der Waals surface area contributed by atoms with Gasteiger partial charge < -0.3 is 5.32 Å². The molecule has 0 aliphatic carbocycles. The van der Waals surface area contributed by atoms with Crippen molar-refractivity contribution in [3.8, 4) is 0 Å². The number of sulfone groups is 1. The molecule has 1 heterocycles. The molecule has 0 saturated carbocycles. The lowest BCUT2D eigenvalue weighted by atomic mass is 9.86. The maximum Gasteiger partial charge on any atom is 0.162 e. The van der Waals surface area contributed by atoms with Gasteiger partial charge in [0.2, 0.25) is 0 Å². The van der Waals surface area contributed by atoms with E-state index in [2.05, 4.69) is 5.32 Å². The third-order valence-corrected chi connectivity index (χ3v) is 5.71. The lowest BCUT2D eigenvalue weighted by Gasteiger charge is -2.22. The molecular formula is C14H19F2NO2S. The van der Waals surface area contributed by atoms with Gasteiger partial charge in [0.05, 0.1) is 11.5 Å². The Balaban J connectivity index is 2.16. The molecule has 2 atom stereocenters. The molecule has 0 bridgehead atoms. The molecule has 0 aromatic heterocycles. The largest absolute Gasteiger partial charge is 0.319 e. The van der Waals surface area contributed by atoms with Crippen LogP contribution in [0, 0.1) is 23.5 Å². The fourth-order valence-corrected chi connectivity index (χ4v) is 4.77. The monoisotopic (exact) mass is 303 g/mol. The van der Waals surface area contributed by atoms with Crippen LogP contribution in [0.3, 0.4) is 0 Å². The van der Waals surface area contributed by atoms with Gasteiger partial charge in [-0.05, 0) is 49.9 Å². The molecule has 1 aromatic rings. The molecule has 1 aliphatic heterocycles. The zero-order chi connectivity index (χ0) is 14.8. The molecule has 0 spiro atoms. The molecule has 20 heavy (non-hydrogen) atoms. The number of hydrogen-bond acceptors (Lipinski definition) is 3. The highest BCUT2D eigenvalue weighted by atomic mass is 32.2. The smallest absolute Gasteiger partial charge is 0.162 e.